The number of alkyl halides is 2. The molecule has 3 heteroatoms. The van der Waals surface area contributed by atoms with Gasteiger partial charge in [0.15, 0.2) is 0 Å². The summed E-state index contributed by atoms with van der Waals surface area (Å²) in [4.78, 5) is 1.79. The van der Waals surface area contributed by atoms with Gasteiger partial charge in [-0.3, -0.25) is 4.90 Å². The third-order valence-corrected chi connectivity index (χ3v) is 1.95. The van der Waals surface area contributed by atoms with Gasteiger partial charge in [0.1, 0.15) is 0 Å². The SMILES string of the molecule is [CH2]CCN1CCCC(F)(F)C1. The highest BCUT2D eigenvalue weighted by molar-refractivity contribution is 4.78. The monoisotopic (exact) mass is 162 g/mol. The summed E-state index contributed by atoms with van der Waals surface area (Å²) in [5.41, 5.74) is 0. The Morgan fingerprint density at radius 1 is 1.45 bits per heavy atom. The molecule has 0 aromatic rings. The molecule has 0 aromatic carbocycles. The van der Waals surface area contributed by atoms with Crippen molar-refractivity contribution in [2.75, 3.05) is 19.6 Å². The Balaban J connectivity index is 2.34. The van der Waals surface area contributed by atoms with Crippen LogP contribution in [-0.2, 0) is 0 Å². The molecule has 1 heterocycles. The average molecular weight is 162 g/mol. The number of rotatable bonds is 2. The van der Waals surface area contributed by atoms with Crippen molar-refractivity contribution >= 4 is 0 Å². The van der Waals surface area contributed by atoms with Gasteiger partial charge in [-0.25, -0.2) is 8.78 Å². The third-order valence-electron chi connectivity index (χ3n) is 1.95. The number of nitrogens with zero attached hydrogens (tertiary/aromatic N) is 1. The summed E-state index contributed by atoms with van der Waals surface area (Å²) >= 11 is 0. The fraction of sp³-hybridized carbons (Fsp3) is 0.875. The molecule has 0 aliphatic carbocycles. The highest BCUT2D eigenvalue weighted by Crippen LogP contribution is 2.26. The Kier molecular flexibility index (Phi) is 2.82. The van der Waals surface area contributed by atoms with E-state index in [1.54, 1.807) is 4.90 Å². The van der Waals surface area contributed by atoms with E-state index in [4.69, 9.17) is 0 Å². The van der Waals surface area contributed by atoms with Gasteiger partial charge in [0, 0.05) is 6.42 Å². The van der Waals surface area contributed by atoms with Crippen molar-refractivity contribution in [2.45, 2.75) is 25.2 Å². The largest absolute Gasteiger partial charge is 0.297 e. The molecular weight excluding hydrogens is 148 g/mol. The second-order valence-corrected chi connectivity index (χ2v) is 3.09. The average Bonchev–Trinajstić information content (AvgIpc) is 1.85. The highest BCUT2D eigenvalue weighted by atomic mass is 19.3. The predicted molar refractivity (Wildman–Crippen MR) is 40.6 cm³/mol. The summed E-state index contributed by atoms with van der Waals surface area (Å²) in [5.74, 6) is -2.45. The van der Waals surface area contributed by atoms with Crippen LogP contribution in [-0.4, -0.2) is 30.5 Å². The van der Waals surface area contributed by atoms with Gasteiger partial charge in [0.05, 0.1) is 6.54 Å². The molecule has 0 atom stereocenters. The molecule has 1 radical (unpaired) electrons. The van der Waals surface area contributed by atoms with Gasteiger partial charge in [-0.2, -0.15) is 0 Å². The van der Waals surface area contributed by atoms with Crippen LogP contribution in [0.4, 0.5) is 8.78 Å². The molecule has 1 nitrogen and oxygen atoms in total. The van der Waals surface area contributed by atoms with E-state index in [-0.39, 0.29) is 13.0 Å². The van der Waals surface area contributed by atoms with Gasteiger partial charge < -0.3 is 0 Å². The number of likely N-dealkylation sites (tertiary alicyclic amines) is 1. The first-order chi connectivity index (χ1) is 5.14. The molecule has 11 heavy (non-hydrogen) atoms. The first-order valence-corrected chi connectivity index (χ1v) is 4.03. The summed E-state index contributed by atoms with van der Waals surface area (Å²) in [5, 5.41) is 0. The van der Waals surface area contributed by atoms with Crippen molar-refractivity contribution in [3.05, 3.63) is 6.92 Å². The number of piperidine rings is 1. The number of hydrogen-bond acceptors (Lipinski definition) is 1. The van der Waals surface area contributed by atoms with E-state index < -0.39 is 5.92 Å². The summed E-state index contributed by atoms with van der Waals surface area (Å²) in [6, 6.07) is 0. The smallest absolute Gasteiger partial charge is 0.260 e. The fourth-order valence-corrected chi connectivity index (χ4v) is 1.46. The maximum atomic E-state index is 12.7. The maximum absolute atomic E-state index is 12.7. The summed E-state index contributed by atoms with van der Waals surface area (Å²) in [6.45, 7) is 5.09. The minimum atomic E-state index is -2.45. The van der Waals surface area contributed by atoms with Crippen LogP contribution in [0, 0.1) is 6.92 Å². The van der Waals surface area contributed by atoms with Gasteiger partial charge >= 0.3 is 0 Å². The Labute approximate surface area is 66.4 Å². The van der Waals surface area contributed by atoms with E-state index in [2.05, 4.69) is 6.92 Å². The second-order valence-electron chi connectivity index (χ2n) is 3.09. The fourth-order valence-electron chi connectivity index (χ4n) is 1.46. The van der Waals surface area contributed by atoms with Crippen LogP contribution in [0.2, 0.25) is 0 Å². The van der Waals surface area contributed by atoms with Crippen molar-refractivity contribution < 1.29 is 8.78 Å². The van der Waals surface area contributed by atoms with Gasteiger partial charge in [0.25, 0.3) is 5.92 Å². The lowest BCUT2D eigenvalue weighted by Crippen LogP contribution is -2.42. The summed E-state index contributed by atoms with van der Waals surface area (Å²) < 4.78 is 25.4. The lowest BCUT2D eigenvalue weighted by atomic mass is 10.1. The van der Waals surface area contributed by atoms with Crippen LogP contribution in [0.25, 0.3) is 0 Å². The topological polar surface area (TPSA) is 3.24 Å². The molecule has 0 spiro atoms. The lowest BCUT2D eigenvalue weighted by molar-refractivity contribution is -0.0634. The molecule has 1 aliphatic rings. The molecule has 0 saturated carbocycles. The molecule has 0 aromatic heterocycles. The zero-order chi connectivity index (χ0) is 8.32. The normalized spacial score (nSPS) is 25.4. The van der Waals surface area contributed by atoms with E-state index in [9.17, 15) is 8.78 Å². The van der Waals surface area contributed by atoms with E-state index in [0.717, 1.165) is 13.0 Å². The van der Waals surface area contributed by atoms with Crippen molar-refractivity contribution in [1.82, 2.24) is 4.90 Å². The molecule has 1 aliphatic heterocycles. The molecule has 0 N–H and O–H groups in total. The van der Waals surface area contributed by atoms with Crippen molar-refractivity contribution in [3.63, 3.8) is 0 Å². The van der Waals surface area contributed by atoms with Gasteiger partial charge in [0.2, 0.25) is 0 Å². The third kappa shape index (κ3) is 2.73. The van der Waals surface area contributed by atoms with E-state index in [0.29, 0.717) is 13.0 Å². The quantitative estimate of drug-likeness (QED) is 0.599. The molecule has 1 fully saturated rings. The van der Waals surface area contributed by atoms with E-state index in [1.165, 1.54) is 0 Å². The molecular formula is C8H14F2N. The van der Waals surface area contributed by atoms with Crippen molar-refractivity contribution in [1.29, 1.82) is 0 Å². The first-order valence-electron chi connectivity index (χ1n) is 4.03. The van der Waals surface area contributed by atoms with Gasteiger partial charge in [-0.05, 0) is 25.9 Å². The van der Waals surface area contributed by atoms with E-state index in [1.807, 2.05) is 0 Å². The molecule has 1 rings (SSSR count). The van der Waals surface area contributed by atoms with Crippen LogP contribution < -0.4 is 0 Å². The Morgan fingerprint density at radius 3 is 2.73 bits per heavy atom. The van der Waals surface area contributed by atoms with Crippen LogP contribution in [0.3, 0.4) is 0 Å². The first kappa shape index (κ1) is 8.91. The van der Waals surface area contributed by atoms with Gasteiger partial charge in [-0.1, -0.05) is 6.92 Å². The Hall–Kier alpha value is -0.180. The minimum absolute atomic E-state index is 0.0562. The van der Waals surface area contributed by atoms with Crippen LogP contribution in [0.5, 0.6) is 0 Å². The lowest BCUT2D eigenvalue weighted by Gasteiger charge is -2.31. The van der Waals surface area contributed by atoms with Crippen LogP contribution in [0.1, 0.15) is 19.3 Å². The molecule has 1 saturated heterocycles. The maximum Gasteiger partial charge on any atom is 0.260 e. The second kappa shape index (κ2) is 3.48. The summed E-state index contributed by atoms with van der Waals surface area (Å²) in [7, 11) is 0. The molecule has 0 amide bonds. The summed E-state index contributed by atoms with van der Waals surface area (Å²) in [6.07, 6.45) is 1.39. The highest BCUT2D eigenvalue weighted by Gasteiger charge is 2.34. The Morgan fingerprint density at radius 2 is 2.18 bits per heavy atom. The zero-order valence-corrected chi connectivity index (χ0v) is 6.65. The molecule has 0 bridgehead atoms. The van der Waals surface area contributed by atoms with E-state index >= 15 is 0 Å². The molecule has 0 unspecified atom stereocenters. The minimum Gasteiger partial charge on any atom is -0.297 e. The number of halogens is 2. The standard InChI is InChI=1S/C8H14F2N/c1-2-5-11-6-3-4-8(9,10)7-11/h1-7H2. The van der Waals surface area contributed by atoms with Crippen molar-refractivity contribution in [3.8, 4) is 0 Å². The Bertz CT molecular complexity index is 123. The van der Waals surface area contributed by atoms with Crippen LogP contribution in [0.15, 0.2) is 0 Å². The van der Waals surface area contributed by atoms with Gasteiger partial charge in [-0.15, -0.1) is 0 Å². The van der Waals surface area contributed by atoms with Crippen LogP contribution >= 0.6 is 0 Å². The zero-order valence-electron chi connectivity index (χ0n) is 6.65. The predicted octanol–water partition coefficient (Wildman–Crippen LogP) is 1.94. The molecule has 65 valence electrons. The van der Waals surface area contributed by atoms with Crippen molar-refractivity contribution in [2.24, 2.45) is 0 Å². The number of hydrogen-bond donors (Lipinski definition) is 0.